The Hall–Kier alpha value is -0.380. The van der Waals surface area contributed by atoms with Gasteiger partial charge >= 0.3 is 0 Å². The Balaban J connectivity index is 2.27. The monoisotopic (exact) mass is 275 g/mol. The molecule has 1 aromatic carbocycles. The molecule has 1 amide bonds. The van der Waals surface area contributed by atoms with E-state index in [-0.39, 0.29) is 11.3 Å². The molecule has 0 saturated carbocycles. The molecule has 16 heavy (non-hydrogen) atoms. The molecule has 0 aliphatic carbocycles. The fourth-order valence-corrected chi connectivity index (χ4v) is 3.19. The van der Waals surface area contributed by atoms with E-state index in [0.29, 0.717) is 15.6 Å². The van der Waals surface area contributed by atoms with Crippen LogP contribution in [0.15, 0.2) is 18.2 Å². The maximum Gasteiger partial charge on any atom is 0.256 e. The second-order valence-corrected chi connectivity index (χ2v) is 5.86. The molecule has 1 atom stereocenters. The summed E-state index contributed by atoms with van der Waals surface area (Å²) in [5.41, 5.74) is 0.528. The van der Waals surface area contributed by atoms with Gasteiger partial charge in [0.1, 0.15) is 0 Å². The number of hydrogen-bond donors (Lipinski definition) is 0. The highest BCUT2D eigenvalue weighted by molar-refractivity contribution is 8.00. The number of halogens is 2. The van der Waals surface area contributed by atoms with Crippen LogP contribution >= 0.6 is 35.0 Å². The summed E-state index contributed by atoms with van der Waals surface area (Å²) >= 11 is 13.6. The standard InChI is InChI=1S/C11H11Cl2NOS/c1-7-14(4-5-16-7)11(15)9-3-2-8(12)6-10(9)13/h2-3,6-7H,4-5H2,1H3. The molecule has 0 spiro atoms. The normalized spacial score (nSPS) is 20.2. The van der Waals surface area contributed by atoms with Crippen LogP contribution in [0, 0.1) is 0 Å². The summed E-state index contributed by atoms with van der Waals surface area (Å²) in [4.78, 5) is 14.0. The van der Waals surface area contributed by atoms with Crippen molar-refractivity contribution in [2.24, 2.45) is 0 Å². The minimum Gasteiger partial charge on any atom is -0.326 e. The van der Waals surface area contributed by atoms with Gasteiger partial charge < -0.3 is 4.90 Å². The lowest BCUT2D eigenvalue weighted by molar-refractivity contribution is 0.0769. The highest BCUT2D eigenvalue weighted by Crippen LogP contribution is 2.28. The van der Waals surface area contributed by atoms with Crippen molar-refractivity contribution in [3.05, 3.63) is 33.8 Å². The van der Waals surface area contributed by atoms with Crippen LogP contribution in [0.25, 0.3) is 0 Å². The third-order valence-corrected chi connectivity index (χ3v) is 4.26. The molecular weight excluding hydrogens is 265 g/mol. The number of carbonyl (C=O) groups excluding carboxylic acids is 1. The molecule has 1 saturated heterocycles. The van der Waals surface area contributed by atoms with Crippen molar-refractivity contribution in [2.75, 3.05) is 12.3 Å². The largest absolute Gasteiger partial charge is 0.326 e. The van der Waals surface area contributed by atoms with Crippen LogP contribution in [-0.2, 0) is 0 Å². The molecule has 0 aromatic heterocycles. The molecule has 0 radical (unpaired) electrons. The van der Waals surface area contributed by atoms with Crippen LogP contribution in [0.3, 0.4) is 0 Å². The minimum absolute atomic E-state index is 0.0147. The molecule has 1 aliphatic rings. The number of hydrogen-bond acceptors (Lipinski definition) is 2. The summed E-state index contributed by atoms with van der Waals surface area (Å²) in [6, 6.07) is 4.97. The minimum atomic E-state index is -0.0147. The summed E-state index contributed by atoms with van der Waals surface area (Å²) in [5, 5.41) is 1.19. The van der Waals surface area contributed by atoms with E-state index in [1.807, 2.05) is 11.8 Å². The topological polar surface area (TPSA) is 20.3 Å². The van der Waals surface area contributed by atoms with E-state index < -0.39 is 0 Å². The summed E-state index contributed by atoms with van der Waals surface area (Å²) in [7, 11) is 0. The Morgan fingerprint density at radius 1 is 1.50 bits per heavy atom. The van der Waals surface area contributed by atoms with E-state index >= 15 is 0 Å². The Labute approximate surface area is 109 Å². The fourth-order valence-electron chi connectivity index (χ4n) is 1.68. The van der Waals surface area contributed by atoms with Crippen molar-refractivity contribution in [3.63, 3.8) is 0 Å². The summed E-state index contributed by atoms with van der Waals surface area (Å²) in [6.45, 7) is 2.81. The van der Waals surface area contributed by atoms with Gasteiger partial charge in [-0.2, -0.15) is 0 Å². The first-order valence-electron chi connectivity index (χ1n) is 4.97. The van der Waals surface area contributed by atoms with E-state index in [2.05, 4.69) is 0 Å². The van der Waals surface area contributed by atoms with Gasteiger partial charge in [-0.15, -0.1) is 11.8 Å². The van der Waals surface area contributed by atoms with Gasteiger partial charge in [0.2, 0.25) is 0 Å². The summed E-state index contributed by atoms with van der Waals surface area (Å²) < 4.78 is 0. The quantitative estimate of drug-likeness (QED) is 0.782. The molecule has 1 unspecified atom stereocenters. The fraction of sp³-hybridized carbons (Fsp3) is 0.364. The third-order valence-electron chi connectivity index (χ3n) is 2.55. The van der Waals surface area contributed by atoms with Gasteiger partial charge in [0.25, 0.3) is 5.91 Å². The number of benzene rings is 1. The van der Waals surface area contributed by atoms with Gasteiger partial charge in [0.15, 0.2) is 0 Å². The lowest BCUT2D eigenvalue weighted by Gasteiger charge is -2.20. The Morgan fingerprint density at radius 3 is 2.81 bits per heavy atom. The van der Waals surface area contributed by atoms with Gasteiger partial charge in [0, 0.05) is 17.3 Å². The third kappa shape index (κ3) is 2.31. The average molecular weight is 276 g/mol. The first-order chi connectivity index (χ1) is 7.59. The lowest BCUT2D eigenvalue weighted by Crippen LogP contribution is -2.33. The van der Waals surface area contributed by atoms with Crippen molar-refractivity contribution in [1.29, 1.82) is 0 Å². The van der Waals surface area contributed by atoms with Crippen LogP contribution in [0.5, 0.6) is 0 Å². The molecule has 86 valence electrons. The van der Waals surface area contributed by atoms with E-state index in [1.165, 1.54) is 0 Å². The van der Waals surface area contributed by atoms with Crippen LogP contribution in [0.4, 0.5) is 0 Å². The van der Waals surface area contributed by atoms with Crippen LogP contribution in [0.2, 0.25) is 10.0 Å². The Bertz CT molecular complexity index is 424. The first-order valence-corrected chi connectivity index (χ1v) is 6.77. The van der Waals surface area contributed by atoms with Gasteiger partial charge in [-0.25, -0.2) is 0 Å². The Morgan fingerprint density at radius 2 is 2.25 bits per heavy atom. The second-order valence-electron chi connectivity index (χ2n) is 3.59. The maximum absolute atomic E-state index is 12.2. The molecule has 0 N–H and O–H groups in total. The molecular formula is C11H11Cl2NOS. The second kappa shape index (κ2) is 4.86. The lowest BCUT2D eigenvalue weighted by atomic mass is 10.2. The molecule has 2 rings (SSSR count). The number of amides is 1. The van der Waals surface area contributed by atoms with Gasteiger partial charge in [0.05, 0.1) is 16.0 Å². The van der Waals surface area contributed by atoms with Crippen molar-refractivity contribution >= 4 is 40.9 Å². The van der Waals surface area contributed by atoms with Crippen molar-refractivity contribution < 1.29 is 4.79 Å². The van der Waals surface area contributed by atoms with Crippen molar-refractivity contribution in [3.8, 4) is 0 Å². The maximum atomic E-state index is 12.2. The zero-order valence-corrected chi connectivity index (χ0v) is 11.1. The number of rotatable bonds is 1. The van der Waals surface area contributed by atoms with Crippen LogP contribution in [-0.4, -0.2) is 28.5 Å². The first kappa shape index (κ1) is 12.1. The van der Waals surface area contributed by atoms with Gasteiger partial charge in [-0.1, -0.05) is 23.2 Å². The average Bonchev–Trinajstić information content (AvgIpc) is 2.63. The zero-order valence-electron chi connectivity index (χ0n) is 8.74. The Kier molecular flexibility index (Phi) is 3.67. The molecule has 0 bridgehead atoms. The molecule has 1 fully saturated rings. The molecule has 1 aromatic rings. The molecule has 1 aliphatic heterocycles. The van der Waals surface area contributed by atoms with E-state index in [1.54, 1.807) is 30.0 Å². The summed E-state index contributed by atoms with van der Waals surface area (Å²) in [6.07, 6.45) is 0. The summed E-state index contributed by atoms with van der Waals surface area (Å²) in [5.74, 6) is 0.970. The van der Waals surface area contributed by atoms with Gasteiger partial charge in [-0.3, -0.25) is 4.79 Å². The number of carbonyl (C=O) groups is 1. The predicted molar refractivity (Wildman–Crippen MR) is 69.4 cm³/mol. The van der Waals surface area contributed by atoms with Gasteiger partial charge in [-0.05, 0) is 25.1 Å². The highest BCUT2D eigenvalue weighted by Gasteiger charge is 2.27. The highest BCUT2D eigenvalue weighted by atomic mass is 35.5. The molecule has 5 heteroatoms. The zero-order chi connectivity index (χ0) is 11.7. The molecule has 1 heterocycles. The van der Waals surface area contributed by atoms with Crippen molar-refractivity contribution in [2.45, 2.75) is 12.3 Å². The SMILES string of the molecule is CC1SCCN1C(=O)c1ccc(Cl)cc1Cl. The van der Waals surface area contributed by atoms with Crippen LogP contribution in [0.1, 0.15) is 17.3 Å². The molecule has 2 nitrogen and oxygen atoms in total. The number of nitrogens with zero attached hydrogens (tertiary/aromatic N) is 1. The van der Waals surface area contributed by atoms with Crippen LogP contribution < -0.4 is 0 Å². The smallest absolute Gasteiger partial charge is 0.256 e. The van der Waals surface area contributed by atoms with Crippen molar-refractivity contribution in [1.82, 2.24) is 4.90 Å². The van der Waals surface area contributed by atoms with E-state index in [4.69, 9.17) is 23.2 Å². The number of thioether (sulfide) groups is 1. The van der Waals surface area contributed by atoms with E-state index in [9.17, 15) is 4.79 Å². The predicted octanol–water partition coefficient (Wildman–Crippen LogP) is 3.53. The van der Waals surface area contributed by atoms with E-state index in [0.717, 1.165) is 12.3 Å².